The van der Waals surface area contributed by atoms with Crippen LogP contribution in [0.4, 0.5) is 0 Å². The van der Waals surface area contributed by atoms with Gasteiger partial charge in [0.2, 0.25) is 0 Å². The van der Waals surface area contributed by atoms with E-state index in [4.69, 9.17) is 23.8 Å². The van der Waals surface area contributed by atoms with Crippen LogP contribution < -0.4 is 0 Å². The molecule has 266 valence electrons. The maximum atomic E-state index is 6.87. The van der Waals surface area contributed by atoms with Gasteiger partial charge in [-0.1, -0.05) is 140 Å². The second kappa shape index (κ2) is 12.3. The Bertz CT molecular complexity index is 3510. The highest BCUT2D eigenvalue weighted by atomic mass is 16.3. The summed E-state index contributed by atoms with van der Waals surface area (Å²) in [4.78, 5) is 15.4. The summed E-state index contributed by atoms with van der Waals surface area (Å²) in [7, 11) is 0. The molecule has 4 heterocycles. The summed E-state index contributed by atoms with van der Waals surface area (Å²) in [5.74, 6) is 1.77. The van der Waals surface area contributed by atoms with E-state index in [2.05, 4.69) is 126 Å². The zero-order chi connectivity index (χ0) is 37.5. The van der Waals surface area contributed by atoms with Crippen molar-refractivity contribution in [3.8, 4) is 51.0 Å². The topological polar surface area (TPSA) is 69.9 Å². The third kappa shape index (κ3) is 4.87. The van der Waals surface area contributed by atoms with E-state index in [1.165, 1.54) is 0 Å². The van der Waals surface area contributed by atoms with Crippen LogP contribution in [0.15, 0.2) is 191 Å². The van der Waals surface area contributed by atoms with Crippen LogP contribution in [-0.4, -0.2) is 19.5 Å². The first kappa shape index (κ1) is 31.5. The number of furan rings is 2. The van der Waals surface area contributed by atoms with Crippen LogP contribution in [0.3, 0.4) is 0 Å². The van der Waals surface area contributed by atoms with Gasteiger partial charge in [-0.25, -0.2) is 15.0 Å². The number of rotatable bonds is 5. The van der Waals surface area contributed by atoms with Crippen molar-refractivity contribution in [2.24, 2.45) is 0 Å². The normalized spacial score (nSPS) is 11.9. The number of nitrogens with zero attached hydrogens (tertiary/aromatic N) is 4. The maximum absolute atomic E-state index is 6.87. The number of benzene rings is 8. The highest BCUT2D eigenvalue weighted by molar-refractivity contribution is 6.24. The van der Waals surface area contributed by atoms with Crippen molar-refractivity contribution in [3.63, 3.8) is 0 Å². The fourth-order valence-electron chi connectivity index (χ4n) is 8.46. The van der Waals surface area contributed by atoms with Gasteiger partial charge in [0.1, 0.15) is 16.7 Å². The average Bonchev–Trinajstić information content (AvgIpc) is 3.97. The number of para-hydroxylation sites is 3. The molecule has 0 aliphatic carbocycles. The van der Waals surface area contributed by atoms with Crippen LogP contribution in [0.2, 0.25) is 0 Å². The van der Waals surface area contributed by atoms with E-state index in [-0.39, 0.29) is 0 Å². The Morgan fingerprint density at radius 3 is 1.63 bits per heavy atom. The first-order valence-electron chi connectivity index (χ1n) is 19.0. The van der Waals surface area contributed by atoms with Gasteiger partial charge < -0.3 is 13.4 Å². The smallest absolute Gasteiger partial charge is 0.164 e. The van der Waals surface area contributed by atoms with Gasteiger partial charge in [0.05, 0.1) is 22.1 Å². The summed E-state index contributed by atoms with van der Waals surface area (Å²) in [6.07, 6.45) is 0. The lowest BCUT2D eigenvalue weighted by atomic mass is 10.0. The molecule has 0 radical (unpaired) electrons. The quantitative estimate of drug-likeness (QED) is 0.176. The van der Waals surface area contributed by atoms with Crippen molar-refractivity contribution < 1.29 is 8.83 Å². The van der Waals surface area contributed by atoms with Crippen molar-refractivity contribution in [2.45, 2.75) is 0 Å². The van der Waals surface area contributed by atoms with Gasteiger partial charge in [0, 0.05) is 43.6 Å². The van der Waals surface area contributed by atoms with Crippen LogP contribution in [0.5, 0.6) is 0 Å². The highest BCUT2D eigenvalue weighted by Crippen LogP contribution is 2.44. The van der Waals surface area contributed by atoms with Gasteiger partial charge in [-0.05, 0) is 53.6 Å². The second-order valence-corrected chi connectivity index (χ2v) is 14.3. The molecule has 0 atom stereocenters. The molecule has 0 aliphatic rings. The molecule has 0 unspecified atom stereocenters. The van der Waals surface area contributed by atoms with Crippen molar-refractivity contribution in [1.29, 1.82) is 0 Å². The minimum atomic E-state index is 0.570. The van der Waals surface area contributed by atoms with Gasteiger partial charge in [-0.15, -0.1) is 0 Å². The summed E-state index contributed by atoms with van der Waals surface area (Å²) in [6.45, 7) is 0. The largest absolute Gasteiger partial charge is 0.455 e. The molecule has 0 saturated carbocycles. The zero-order valence-corrected chi connectivity index (χ0v) is 30.4. The molecule has 0 fully saturated rings. The van der Waals surface area contributed by atoms with Crippen molar-refractivity contribution in [1.82, 2.24) is 19.5 Å². The van der Waals surface area contributed by atoms with Gasteiger partial charge in [-0.3, -0.25) is 0 Å². The molecule has 0 N–H and O–H groups in total. The minimum Gasteiger partial charge on any atom is -0.455 e. The molecule has 6 nitrogen and oxygen atoms in total. The lowest BCUT2D eigenvalue weighted by molar-refractivity contribution is 0.666. The van der Waals surface area contributed by atoms with Crippen molar-refractivity contribution >= 4 is 65.7 Å². The van der Waals surface area contributed by atoms with E-state index in [0.717, 1.165) is 99.2 Å². The lowest BCUT2D eigenvalue weighted by Gasteiger charge is -2.12. The number of fused-ring (bicyclic) bond motifs is 10. The molecular formula is C51H30N4O2. The standard InChI is InChI=1S/C51H30N4O2/c1-3-13-31(14-4-1)32-23-25-34(26-24-32)50-52-49(33-15-5-2-6-16-33)53-51(54-50)39-28-30-42(48-45(39)38-19-9-12-22-44(38)57-48)55-40-20-10-7-18-37(40)46-41(55)29-27-36-35-17-8-11-21-43(35)56-47(36)46/h1-30H. The van der Waals surface area contributed by atoms with Gasteiger partial charge in [0.25, 0.3) is 0 Å². The average molecular weight is 731 g/mol. The molecule has 0 amide bonds. The first-order valence-corrected chi connectivity index (χ1v) is 19.0. The number of hydrogen-bond acceptors (Lipinski definition) is 5. The number of hydrogen-bond donors (Lipinski definition) is 0. The Labute approximate surface area is 325 Å². The Morgan fingerprint density at radius 2 is 0.877 bits per heavy atom. The molecule has 4 aromatic heterocycles. The third-order valence-corrected chi connectivity index (χ3v) is 11.1. The minimum absolute atomic E-state index is 0.570. The van der Waals surface area contributed by atoms with Crippen LogP contribution in [0.1, 0.15) is 0 Å². The molecule has 12 rings (SSSR count). The van der Waals surface area contributed by atoms with Crippen LogP contribution in [0, 0.1) is 0 Å². The molecule has 0 saturated heterocycles. The Kier molecular flexibility index (Phi) is 6.83. The molecular weight excluding hydrogens is 701 g/mol. The highest BCUT2D eigenvalue weighted by Gasteiger charge is 2.24. The van der Waals surface area contributed by atoms with E-state index in [0.29, 0.717) is 17.5 Å². The van der Waals surface area contributed by atoms with Crippen molar-refractivity contribution in [3.05, 3.63) is 182 Å². The Hall–Kier alpha value is -7.83. The molecule has 6 heteroatoms. The fraction of sp³-hybridized carbons (Fsp3) is 0. The molecule has 0 aliphatic heterocycles. The molecule has 0 spiro atoms. The molecule has 0 bridgehead atoms. The van der Waals surface area contributed by atoms with Gasteiger partial charge in [0.15, 0.2) is 23.1 Å². The van der Waals surface area contributed by atoms with Crippen LogP contribution >= 0.6 is 0 Å². The summed E-state index contributed by atoms with van der Waals surface area (Å²) in [5, 5.41) is 6.31. The zero-order valence-electron chi connectivity index (χ0n) is 30.4. The predicted molar refractivity (Wildman–Crippen MR) is 230 cm³/mol. The summed E-state index contributed by atoms with van der Waals surface area (Å²) in [6, 6.07) is 62.5. The Balaban J connectivity index is 1.11. The van der Waals surface area contributed by atoms with E-state index in [9.17, 15) is 0 Å². The summed E-state index contributed by atoms with van der Waals surface area (Å²) < 4.78 is 15.8. The second-order valence-electron chi connectivity index (χ2n) is 14.3. The van der Waals surface area contributed by atoms with E-state index >= 15 is 0 Å². The SMILES string of the molecule is c1ccc(-c2ccc(-c3nc(-c4ccccc4)nc(-c4ccc(-n5c6ccccc6c6c7oc8ccccc8c7ccc65)c5oc6ccccc6c45)n3)cc2)cc1. The summed E-state index contributed by atoms with van der Waals surface area (Å²) >= 11 is 0. The summed E-state index contributed by atoms with van der Waals surface area (Å²) in [5.41, 5.74) is 11.3. The van der Waals surface area contributed by atoms with E-state index in [1.54, 1.807) is 0 Å². The first-order chi connectivity index (χ1) is 28.3. The molecule has 57 heavy (non-hydrogen) atoms. The lowest BCUT2D eigenvalue weighted by Crippen LogP contribution is -2.01. The van der Waals surface area contributed by atoms with Crippen LogP contribution in [-0.2, 0) is 0 Å². The monoisotopic (exact) mass is 730 g/mol. The molecule has 8 aromatic carbocycles. The molecule has 12 aromatic rings. The Morgan fingerprint density at radius 1 is 0.333 bits per heavy atom. The van der Waals surface area contributed by atoms with E-state index < -0.39 is 0 Å². The van der Waals surface area contributed by atoms with Crippen molar-refractivity contribution in [2.75, 3.05) is 0 Å². The fourth-order valence-corrected chi connectivity index (χ4v) is 8.46. The van der Waals surface area contributed by atoms with Crippen LogP contribution in [0.25, 0.3) is 117 Å². The van der Waals surface area contributed by atoms with E-state index in [1.807, 2.05) is 60.7 Å². The van der Waals surface area contributed by atoms with Gasteiger partial charge >= 0.3 is 0 Å². The predicted octanol–water partition coefficient (Wildman–Crippen LogP) is 13.4. The maximum Gasteiger partial charge on any atom is 0.164 e. The third-order valence-electron chi connectivity index (χ3n) is 11.1. The number of aromatic nitrogens is 4. The van der Waals surface area contributed by atoms with Gasteiger partial charge in [-0.2, -0.15) is 0 Å².